The van der Waals surface area contributed by atoms with Crippen LogP contribution in [0.2, 0.25) is 0 Å². The highest BCUT2D eigenvalue weighted by atomic mass is 32.1. The lowest BCUT2D eigenvalue weighted by Gasteiger charge is -2.14. The Morgan fingerprint density at radius 2 is 1.87 bits per heavy atom. The molecule has 5 aromatic rings. The highest BCUT2D eigenvalue weighted by Crippen LogP contribution is 2.28. The van der Waals surface area contributed by atoms with Gasteiger partial charge in [0.2, 0.25) is 11.8 Å². The van der Waals surface area contributed by atoms with Crippen molar-refractivity contribution in [3.63, 3.8) is 0 Å². The smallest absolute Gasteiger partial charge is 0.326 e. The van der Waals surface area contributed by atoms with Gasteiger partial charge in [0.15, 0.2) is 0 Å². The summed E-state index contributed by atoms with van der Waals surface area (Å²) in [6.45, 7) is 2.54. The third-order valence-corrected chi connectivity index (χ3v) is 8.04. The SMILES string of the molecule is Cc1c(CNc2ccc(C(=O)N[C@@H](CCCNC(=O)c3ccc(N)cc3-c3nn[nH]n3)C(=O)O)s2)ccc2nc(N)nc(N)c12. The van der Waals surface area contributed by atoms with Gasteiger partial charge in [-0.05, 0) is 72.5 Å². The summed E-state index contributed by atoms with van der Waals surface area (Å²) in [5.41, 5.74) is 21.3. The van der Waals surface area contributed by atoms with Crippen LogP contribution in [-0.4, -0.2) is 66.1 Å². The van der Waals surface area contributed by atoms with E-state index in [9.17, 15) is 19.5 Å². The molecular weight excluding hydrogens is 600 g/mol. The molecule has 0 aliphatic rings. The van der Waals surface area contributed by atoms with Crippen molar-refractivity contribution in [1.82, 2.24) is 41.2 Å². The Morgan fingerprint density at radius 3 is 2.62 bits per heavy atom. The lowest BCUT2D eigenvalue weighted by molar-refractivity contribution is -0.139. The van der Waals surface area contributed by atoms with E-state index in [-0.39, 0.29) is 30.3 Å². The van der Waals surface area contributed by atoms with Crippen LogP contribution in [0, 0.1) is 6.92 Å². The average molecular weight is 631 g/mol. The number of aromatic amines is 1. The number of amides is 2. The second-order valence-electron chi connectivity index (χ2n) is 10.0. The first-order chi connectivity index (χ1) is 21.6. The van der Waals surface area contributed by atoms with Crippen LogP contribution in [0.5, 0.6) is 0 Å². The Morgan fingerprint density at radius 1 is 1.04 bits per heavy atom. The van der Waals surface area contributed by atoms with Crippen molar-refractivity contribution in [3.05, 3.63) is 64.0 Å². The Kier molecular flexibility index (Phi) is 8.99. The van der Waals surface area contributed by atoms with Gasteiger partial charge < -0.3 is 38.3 Å². The van der Waals surface area contributed by atoms with Gasteiger partial charge in [0.05, 0.1) is 21.0 Å². The second-order valence-corrected chi connectivity index (χ2v) is 11.1. The summed E-state index contributed by atoms with van der Waals surface area (Å²) in [5, 5.41) is 33.4. The van der Waals surface area contributed by atoms with Gasteiger partial charge in [-0.3, -0.25) is 9.59 Å². The second kappa shape index (κ2) is 13.2. The number of fused-ring (bicyclic) bond motifs is 1. The number of hydrogen-bond acceptors (Lipinski definition) is 13. The number of nitrogens with zero attached hydrogens (tertiary/aromatic N) is 5. The van der Waals surface area contributed by atoms with Crippen molar-refractivity contribution in [2.24, 2.45) is 0 Å². The van der Waals surface area contributed by atoms with E-state index < -0.39 is 23.8 Å². The number of aromatic nitrogens is 6. The first kappa shape index (κ1) is 30.6. The first-order valence-corrected chi connectivity index (χ1v) is 14.5. The van der Waals surface area contributed by atoms with E-state index in [1.807, 2.05) is 19.1 Å². The lowest BCUT2D eigenvalue weighted by Crippen LogP contribution is -2.41. The minimum Gasteiger partial charge on any atom is -0.480 e. The highest BCUT2D eigenvalue weighted by molar-refractivity contribution is 7.17. The van der Waals surface area contributed by atoms with Gasteiger partial charge in [0, 0.05) is 29.7 Å². The normalized spacial score (nSPS) is 11.7. The molecule has 0 spiro atoms. The zero-order valence-corrected chi connectivity index (χ0v) is 24.8. The third-order valence-electron chi connectivity index (χ3n) is 7.00. The van der Waals surface area contributed by atoms with Gasteiger partial charge >= 0.3 is 5.97 Å². The van der Waals surface area contributed by atoms with Gasteiger partial charge in [0.25, 0.3) is 11.8 Å². The number of anilines is 4. The van der Waals surface area contributed by atoms with E-state index >= 15 is 0 Å². The maximum atomic E-state index is 12.9. The number of carboxylic acid groups (broad SMARTS) is 1. The highest BCUT2D eigenvalue weighted by Gasteiger charge is 2.22. The van der Waals surface area contributed by atoms with Crippen molar-refractivity contribution >= 4 is 62.5 Å². The Hall–Kier alpha value is -5.84. The number of rotatable bonds is 12. The molecule has 3 heterocycles. The number of carbonyl (C=O) groups excluding carboxylic acids is 2. The van der Waals surface area contributed by atoms with Crippen LogP contribution in [0.25, 0.3) is 22.3 Å². The molecule has 0 aliphatic carbocycles. The van der Waals surface area contributed by atoms with E-state index in [0.717, 1.165) is 21.5 Å². The number of nitrogens with one attached hydrogen (secondary N) is 4. The van der Waals surface area contributed by atoms with Crippen LogP contribution in [0.4, 0.5) is 22.5 Å². The first-order valence-electron chi connectivity index (χ1n) is 13.7. The standard InChI is InChI=1S/C28H30N12O4S/c1-13-14(4-7-18-22(13)23(30)36-28(31)35-18)12-33-21-9-8-20(45-21)26(42)34-19(27(43)44)3-2-10-32-25(41)16-6-5-15(29)11-17(16)24-37-39-40-38-24/h4-9,11,19,33H,2-3,10,12,29H2,1H3,(H,32,41)(H,34,42)(H,43,44)(H4,30,31,35,36)(H,37,38,39,40)/t19-/m0/s1. The van der Waals surface area contributed by atoms with E-state index in [0.29, 0.717) is 40.4 Å². The number of carboxylic acids is 1. The summed E-state index contributed by atoms with van der Waals surface area (Å²) in [6, 6.07) is 10.6. The average Bonchev–Trinajstić information content (AvgIpc) is 3.71. The molecule has 3 aromatic heterocycles. The summed E-state index contributed by atoms with van der Waals surface area (Å²) in [4.78, 5) is 46.2. The number of H-pyrrole nitrogens is 1. The van der Waals surface area contributed by atoms with Gasteiger partial charge in [-0.25, -0.2) is 9.78 Å². The molecule has 0 unspecified atom stereocenters. The molecule has 5 rings (SSSR count). The molecule has 0 saturated heterocycles. The molecule has 0 bridgehead atoms. The Labute approximate surface area is 259 Å². The maximum Gasteiger partial charge on any atom is 0.326 e. The summed E-state index contributed by atoms with van der Waals surface area (Å²) in [7, 11) is 0. The fourth-order valence-corrected chi connectivity index (χ4v) is 5.53. The van der Waals surface area contributed by atoms with Gasteiger partial charge in [-0.1, -0.05) is 6.07 Å². The maximum absolute atomic E-state index is 12.9. The van der Waals surface area contributed by atoms with E-state index in [2.05, 4.69) is 46.5 Å². The Bertz CT molecular complexity index is 1880. The molecule has 2 amide bonds. The zero-order valence-electron chi connectivity index (χ0n) is 24.0. The van der Waals surface area contributed by atoms with Crippen molar-refractivity contribution in [1.29, 1.82) is 0 Å². The summed E-state index contributed by atoms with van der Waals surface area (Å²) in [6.07, 6.45) is 0.386. The summed E-state index contributed by atoms with van der Waals surface area (Å²) < 4.78 is 0. The number of nitrogen functional groups attached to an aromatic ring is 3. The van der Waals surface area contributed by atoms with Crippen molar-refractivity contribution in [3.8, 4) is 11.4 Å². The molecule has 0 fully saturated rings. The van der Waals surface area contributed by atoms with Crippen LogP contribution in [0.3, 0.4) is 0 Å². The number of aryl methyl sites for hydroxylation is 1. The van der Waals surface area contributed by atoms with Crippen LogP contribution >= 0.6 is 11.3 Å². The molecule has 2 aromatic carbocycles. The topological polar surface area (TPSA) is 266 Å². The molecule has 0 radical (unpaired) electrons. The van der Waals surface area contributed by atoms with E-state index in [1.54, 1.807) is 30.3 Å². The fraction of sp³-hybridized carbons (Fsp3) is 0.214. The molecule has 1 atom stereocenters. The number of tetrazole rings is 1. The predicted molar refractivity (Wildman–Crippen MR) is 169 cm³/mol. The van der Waals surface area contributed by atoms with Crippen molar-refractivity contribution in [2.75, 3.05) is 29.1 Å². The number of hydrogen-bond donors (Lipinski definition) is 8. The zero-order chi connectivity index (χ0) is 32.1. The van der Waals surface area contributed by atoms with E-state index in [1.165, 1.54) is 11.3 Å². The molecule has 11 N–H and O–H groups in total. The largest absolute Gasteiger partial charge is 0.480 e. The number of carbonyl (C=O) groups is 3. The summed E-state index contributed by atoms with van der Waals surface area (Å²) >= 11 is 1.19. The van der Waals surface area contributed by atoms with Gasteiger partial charge in [0.1, 0.15) is 11.9 Å². The van der Waals surface area contributed by atoms with Crippen molar-refractivity contribution < 1.29 is 19.5 Å². The van der Waals surface area contributed by atoms with Crippen LogP contribution in [0.15, 0.2) is 42.5 Å². The van der Waals surface area contributed by atoms with Crippen LogP contribution in [-0.2, 0) is 11.3 Å². The number of aliphatic carboxylic acids is 1. The number of nitrogens with two attached hydrogens (primary N) is 3. The Balaban J connectivity index is 1.13. The molecule has 232 valence electrons. The third kappa shape index (κ3) is 7.04. The number of benzene rings is 2. The van der Waals surface area contributed by atoms with Crippen LogP contribution < -0.4 is 33.2 Å². The lowest BCUT2D eigenvalue weighted by atomic mass is 10.0. The van der Waals surface area contributed by atoms with E-state index in [4.69, 9.17) is 17.2 Å². The summed E-state index contributed by atoms with van der Waals surface area (Å²) in [5.74, 6) is -1.48. The van der Waals surface area contributed by atoms with Gasteiger partial charge in [-0.15, -0.1) is 21.5 Å². The van der Waals surface area contributed by atoms with Crippen molar-refractivity contribution in [2.45, 2.75) is 32.4 Å². The number of thiophene rings is 1. The monoisotopic (exact) mass is 630 g/mol. The molecule has 17 heteroatoms. The molecular formula is C28H30N12O4S. The fourth-order valence-electron chi connectivity index (χ4n) is 4.72. The predicted octanol–water partition coefficient (Wildman–Crippen LogP) is 1.93. The quantitative estimate of drug-likeness (QED) is 0.0724. The molecule has 0 saturated carbocycles. The molecule has 45 heavy (non-hydrogen) atoms. The minimum atomic E-state index is -1.18. The van der Waals surface area contributed by atoms with Gasteiger partial charge in [-0.2, -0.15) is 10.2 Å². The van der Waals surface area contributed by atoms with Crippen LogP contribution in [0.1, 0.15) is 44.0 Å². The molecule has 0 aliphatic heterocycles. The minimum absolute atomic E-state index is 0.0943. The molecule has 16 nitrogen and oxygen atoms in total.